The third-order valence-corrected chi connectivity index (χ3v) is 5.32. The van der Waals surface area contributed by atoms with Gasteiger partial charge in [-0.05, 0) is 55.0 Å². The number of anilines is 2. The van der Waals surface area contributed by atoms with E-state index in [0.29, 0.717) is 30.2 Å². The summed E-state index contributed by atoms with van der Waals surface area (Å²) in [5.41, 5.74) is 4.85. The first-order valence-electron chi connectivity index (χ1n) is 10.9. The zero-order valence-corrected chi connectivity index (χ0v) is 19.1. The molecule has 9 heteroatoms. The molecule has 0 aliphatic rings. The molecule has 0 saturated heterocycles. The number of imidazole rings is 1. The Bertz CT molecular complexity index is 1270. The van der Waals surface area contributed by atoms with Gasteiger partial charge in [0.1, 0.15) is 5.75 Å². The summed E-state index contributed by atoms with van der Waals surface area (Å²) in [4.78, 5) is 21.5. The second-order valence-electron chi connectivity index (χ2n) is 7.59. The number of aliphatic hydroxyl groups is 1. The van der Waals surface area contributed by atoms with Gasteiger partial charge in [0.15, 0.2) is 11.5 Å². The molecular weight excluding hydrogens is 434 g/mol. The van der Waals surface area contributed by atoms with Crippen molar-refractivity contribution >= 4 is 23.1 Å². The van der Waals surface area contributed by atoms with Gasteiger partial charge in [0, 0.05) is 35.8 Å². The van der Waals surface area contributed by atoms with E-state index in [9.17, 15) is 4.79 Å². The van der Waals surface area contributed by atoms with Crippen molar-refractivity contribution in [2.45, 2.75) is 6.92 Å². The van der Waals surface area contributed by atoms with Gasteiger partial charge in [-0.3, -0.25) is 9.20 Å². The minimum atomic E-state index is -0.172. The molecule has 176 valence electrons. The summed E-state index contributed by atoms with van der Waals surface area (Å²) < 4.78 is 12.4. The number of fused-ring (bicyclic) bond motifs is 1. The Balaban J connectivity index is 1.50. The van der Waals surface area contributed by atoms with E-state index in [4.69, 9.17) is 14.6 Å². The van der Waals surface area contributed by atoms with Crippen molar-refractivity contribution in [2.24, 2.45) is 0 Å². The van der Waals surface area contributed by atoms with E-state index < -0.39 is 0 Å². The van der Waals surface area contributed by atoms with E-state index in [1.54, 1.807) is 19.4 Å². The molecule has 2 heterocycles. The fourth-order valence-corrected chi connectivity index (χ4v) is 3.61. The second kappa shape index (κ2) is 10.8. The van der Waals surface area contributed by atoms with Gasteiger partial charge in [-0.1, -0.05) is 0 Å². The van der Waals surface area contributed by atoms with Crippen LogP contribution < -0.4 is 15.4 Å². The number of hydrogen-bond acceptors (Lipinski definition) is 7. The normalized spacial score (nSPS) is 10.9. The second-order valence-corrected chi connectivity index (χ2v) is 7.59. The fourth-order valence-electron chi connectivity index (χ4n) is 3.61. The Morgan fingerprint density at radius 1 is 1.12 bits per heavy atom. The maximum atomic E-state index is 12.5. The molecule has 0 atom stereocenters. The summed E-state index contributed by atoms with van der Waals surface area (Å²) in [6.45, 7) is 2.83. The molecule has 1 amide bonds. The Morgan fingerprint density at radius 2 is 1.94 bits per heavy atom. The lowest BCUT2D eigenvalue weighted by Gasteiger charge is -2.12. The molecule has 4 rings (SSSR count). The number of nitrogens with zero attached hydrogens (tertiary/aromatic N) is 3. The number of hydrogen-bond donors (Lipinski definition) is 3. The van der Waals surface area contributed by atoms with Crippen molar-refractivity contribution in [1.29, 1.82) is 0 Å². The highest BCUT2D eigenvalue weighted by molar-refractivity contribution is 5.96. The smallest absolute Gasteiger partial charge is 0.251 e. The lowest BCUT2D eigenvalue weighted by Crippen LogP contribution is -2.28. The zero-order valence-electron chi connectivity index (χ0n) is 19.1. The van der Waals surface area contributed by atoms with Crippen molar-refractivity contribution in [3.8, 4) is 17.0 Å². The number of carbonyl (C=O) groups is 1. The number of nitrogens with one attached hydrogen (secondary N) is 2. The van der Waals surface area contributed by atoms with Crippen molar-refractivity contribution in [1.82, 2.24) is 19.7 Å². The van der Waals surface area contributed by atoms with Gasteiger partial charge in [0.25, 0.3) is 5.91 Å². The van der Waals surface area contributed by atoms with Gasteiger partial charge < -0.3 is 25.2 Å². The number of aryl methyl sites for hydroxylation is 1. The maximum Gasteiger partial charge on any atom is 0.251 e. The van der Waals surface area contributed by atoms with Gasteiger partial charge >= 0.3 is 0 Å². The molecule has 0 bridgehead atoms. The predicted octanol–water partition coefficient (Wildman–Crippen LogP) is 3.20. The van der Waals surface area contributed by atoms with Crippen molar-refractivity contribution in [3.63, 3.8) is 0 Å². The van der Waals surface area contributed by atoms with Crippen LogP contribution >= 0.6 is 0 Å². The number of carbonyl (C=O) groups excluding carboxylic acids is 1. The van der Waals surface area contributed by atoms with Gasteiger partial charge in [0.05, 0.1) is 38.8 Å². The fraction of sp³-hybridized carbons (Fsp3) is 0.240. The summed E-state index contributed by atoms with van der Waals surface area (Å²) in [5, 5.41) is 14.8. The maximum absolute atomic E-state index is 12.5. The Morgan fingerprint density at radius 3 is 2.68 bits per heavy atom. The highest BCUT2D eigenvalue weighted by Gasteiger charge is 2.13. The van der Waals surface area contributed by atoms with Crippen LogP contribution in [0.15, 0.2) is 61.1 Å². The number of rotatable bonds is 10. The molecule has 3 N–H and O–H groups in total. The van der Waals surface area contributed by atoms with Crippen molar-refractivity contribution in [2.75, 3.05) is 38.8 Å². The van der Waals surface area contributed by atoms with Crippen LogP contribution in [-0.4, -0.2) is 58.9 Å². The average molecular weight is 462 g/mol. The largest absolute Gasteiger partial charge is 0.497 e. The molecular formula is C25H27N5O4. The molecule has 0 aliphatic heterocycles. The summed E-state index contributed by atoms with van der Waals surface area (Å²) in [6, 6.07) is 13.3. The third-order valence-electron chi connectivity index (χ3n) is 5.32. The van der Waals surface area contributed by atoms with E-state index in [2.05, 4.69) is 20.6 Å². The molecule has 0 radical (unpaired) electrons. The van der Waals surface area contributed by atoms with Gasteiger partial charge in [0.2, 0.25) is 0 Å². The Labute approximate surface area is 197 Å². The lowest BCUT2D eigenvalue weighted by atomic mass is 10.1. The van der Waals surface area contributed by atoms with Crippen LogP contribution in [0.4, 0.5) is 11.5 Å². The standard InChI is InChI=1S/C25H27N5O4/c1-17-15-19(5-8-21(17)25(32)27-10-13-34-14-12-31)29-23-24-28-16-22(30(24)11-9-26-23)18-3-6-20(33-2)7-4-18/h3-9,11,15-16,31H,10,12-14H2,1-2H3,(H,26,29)(H,27,32). The molecule has 34 heavy (non-hydrogen) atoms. The molecule has 4 aromatic rings. The highest BCUT2D eigenvalue weighted by atomic mass is 16.5. The number of aromatic nitrogens is 3. The number of ether oxygens (including phenoxy) is 2. The number of methoxy groups -OCH3 is 1. The first kappa shape index (κ1) is 23.2. The van der Waals surface area contributed by atoms with Crippen LogP contribution in [0.1, 0.15) is 15.9 Å². The number of amides is 1. The molecule has 0 saturated carbocycles. The molecule has 2 aromatic heterocycles. The highest BCUT2D eigenvalue weighted by Crippen LogP contribution is 2.27. The van der Waals surface area contributed by atoms with E-state index in [-0.39, 0.29) is 19.1 Å². The van der Waals surface area contributed by atoms with Crippen molar-refractivity contribution < 1.29 is 19.4 Å². The minimum Gasteiger partial charge on any atom is -0.497 e. The first-order chi connectivity index (χ1) is 16.6. The Kier molecular flexibility index (Phi) is 7.36. The van der Waals surface area contributed by atoms with E-state index in [1.165, 1.54) is 0 Å². The molecule has 9 nitrogen and oxygen atoms in total. The van der Waals surface area contributed by atoms with E-state index in [1.807, 2.05) is 60.1 Å². The van der Waals surface area contributed by atoms with Crippen LogP contribution in [0.25, 0.3) is 16.9 Å². The summed E-state index contributed by atoms with van der Waals surface area (Å²) in [5.74, 6) is 1.23. The quantitative estimate of drug-likeness (QED) is 0.311. The molecule has 0 fully saturated rings. The summed E-state index contributed by atoms with van der Waals surface area (Å²) >= 11 is 0. The van der Waals surface area contributed by atoms with E-state index in [0.717, 1.165) is 28.3 Å². The molecule has 2 aromatic carbocycles. The van der Waals surface area contributed by atoms with Crippen molar-refractivity contribution in [3.05, 3.63) is 72.2 Å². The first-order valence-corrected chi connectivity index (χ1v) is 10.9. The molecule has 0 unspecified atom stereocenters. The lowest BCUT2D eigenvalue weighted by molar-refractivity contribution is 0.0837. The topological polar surface area (TPSA) is 110 Å². The van der Waals surface area contributed by atoms with Gasteiger partial charge in [-0.2, -0.15) is 0 Å². The summed E-state index contributed by atoms with van der Waals surface area (Å²) in [6.07, 6.45) is 5.40. The van der Waals surface area contributed by atoms with Crippen LogP contribution in [0.3, 0.4) is 0 Å². The van der Waals surface area contributed by atoms with Gasteiger partial charge in [-0.15, -0.1) is 0 Å². The monoisotopic (exact) mass is 461 g/mol. The van der Waals surface area contributed by atoms with Gasteiger partial charge in [-0.25, -0.2) is 9.97 Å². The SMILES string of the molecule is COc1ccc(-c2cnc3c(Nc4ccc(C(=O)NCCOCCO)c(C)c4)nccn23)cc1. The van der Waals surface area contributed by atoms with E-state index >= 15 is 0 Å². The number of aliphatic hydroxyl groups excluding tert-OH is 1. The zero-order chi connectivity index (χ0) is 23.9. The van der Waals surface area contributed by atoms with Crippen LogP contribution in [0.2, 0.25) is 0 Å². The Hall–Kier alpha value is -3.95. The number of benzene rings is 2. The molecule has 0 aliphatic carbocycles. The average Bonchev–Trinajstić information content (AvgIpc) is 3.29. The van der Waals surface area contributed by atoms with Crippen LogP contribution in [0.5, 0.6) is 5.75 Å². The third kappa shape index (κ3) is 5.16. The summed E-state index contributed by atoms with van der Waals surface area (Å²) in [7, 11) is 1.64. The molecule has 0 spiro atoms. The van der Waals surface area contributed by atoms with Crippen LogP contribution in [0, 0.1) is 6.92 Å². The minimum absolute atomic E-state index is 0.0361. The van der Waals surface area contributed by atoms with Crippen LogP contribution in [-0.2, 0) is 4.74 Å². The predicted molar refractivity (Wildman–Crippen MR) is 130 cm³/mol.